The molecule has 8 N–H and O–H groups in total. The number of phenols is 1. The van der Waals surface area contributed by atoms with Gasteiger partial charge in [0.05, 0.1) is 27.4 Å². The van der Waals surface area contributed by atoms with Crippen LogP contribution in [0.5, 0.6) is 23.0 Å². The first kappa shape index (κ1) is 33.6. The number of esters is 1. The molecule has 2 aliphatic rings. The van der Waals surface area contributed by atoms with Crippen molar-refractivity contribution < 1.29 is 78.8 Å². The summed E-state index contributed by atoms with van der Waals surface area (Å²) >= 11 is 0. The number of methoxy groups -OCH3 is 2. The lowest BCUT2D eigenvalue weighted by atomic mass is 9.98. The van der Waals surface area contributed by atoms with Crippen LogP contribution in [0.3, 0.4) is 0 Å². The average Bonchev–Trinajstić information content (AvgIpc) is 3.03. The third kappa shape index (κ3) is 7.16. The molecule has 4 rings (SSSR count). The van der Waals surface area contributed by atoms with Crippen molar-refractivity contribution in [2.24, 2.45) is 0 Å². The van der Waals surface area contributed by atoms with E-state index in [1.807, 2.05) is 0 Å². The van der Waals surface area contributed by atoms with E-state index in [4.69, 9.17) is 33.2 Å². The van der Waals surface area contributed by atoms with Crippen molar-refractivity contribution in [1.29, 1.82) is 0 Å². The van der Waals surface area contributed by atoms with E-state index >= 15 is 0 Å². The number of ether oxygens (including phenoxy) is 7. The van der Waals surface area contributed by atoms with Crippen LogP contribution >= 0.6 is 0 Å². The summed E-state index contributed by atoms with van der Waals surface area (Å²) in [5.74, 6) is -0.644. The van der Waals surface area contributed by atoms with Crippen LogP contribution in [0.1, 0.15) is 15.9 Å². The van der Waals surface area contributed by atoms with Gasteiger partial charge in [-0.2, -0.15) is 0 Å². The second kappa shape index (κ2) is 14.7. The van der Waals surface area contributed by atoms with Crippen LogP contribution in [-0.4, -0.2) is 136 Å². The largest absolute Gasteiger partial charge is 0.508 e. The van der Waals surface area contributed by atoms with Crippen LogP contribution in [0, 0.1) is 0 Å². The summed E-state index contributed by atoms with van der Waals surface area (Å²) in [6.45, 7) is -1.68. The number of rotatable bonds is 11. The Morgan fingerprint density at radius 1 is 0.773 bits per heavy atom. The summed E-state index contributed by atoms with van der Waals surface area (Å²) in [5.41, 5.74) is 0.156. The highest BCUT2D eigenvalue weighted by atomic mass is 16.7. The molecule has 2 saturated heterocycles. The topological polar surface area (TPSA) is 244 Å². The molecule has 2 heterocycles. The Morgan fingerprint density at radius 3 is 1.98 bits per heavy atom. The molecule has 16 heteroatoms. The number of benzene rings is 2. The Balaban J connectivity index is 1.46. The van der Waals surface area contributed by atoms with Crippen LogP contribution in [0.2, 0.25) is 0 Å². The Labute approximate surface area is 251 Å². The molecule has 2 fully saturated rings. The van der Waals surface area contributed by atoms with Gasteiger partial charge in [-0.3, -0.25) is 0 Å². The molecular formula is C28H36O16. The van der Waals surface area contributed by atoms with Gasteiger partial charge in [0, 0.05) is 5.56 Å². The Morgan fingerprint density at radius 2 is 1.36 bits per heavy atom. The predicted octanol–water partition coefficient (Wildman–Crippen LogP) is -2.23. The van der Waals surface area contributed by atoms with Gasteiger partial charge >= 0.3 is 5.97 Å². The molecule has 2 aromatic rings. The standard InChI is InChI=1S/C28H36O16/c1-38-15-4-3-5-16(39-2)19(15)26(37)40-10-12-8-13(30)6-7-14(12)42-28-25(36)23(34)21(32)18(44-28)11-41-27-24(35)22(33)20(31)17(9-29)43-27/h3-8,17-18,20-25,27-36H,9-11H2,1-2H3. The zero-order valence-electron chi connectivity index (χ0n) is 23.7. The predicted molar refractivity (Wildman–Crippen MR) is 144 cm³/mol. The first-order valence-electron chi connectivity index (χ1n) is 13.5. The molecule has 0 spiro atoms. The van der Waals surface area contributed by atoms with Gasteiger partial charge in [-0.05, 0) is 30.3 Å². The van der Waals surface area contributed by atoms with Gasteiger partial charge in [-0.25, -0.2) is 4.79 Å². The molecule has 0 saturated carbocycles. The quantitative estimate of drug-likeness (QED) is 0.123. The van der Waals surface area contributed by atoms with E-state index in [1.54, 1.807) is 18.2 Å². The minimum absolute atomic E-state index is 0.0190. The number of carbonyl (C=O) groups excluding carboxylic acids is 1. The van der Waals surface area contributed by atoms with E-state index in [9.17, 15) is 45.6 Å². The molecule has 2 aromatic carbocycles. The Kier molecular flexibility index (Phi) is 11.2. The summed E-state index contributed by atoms with van der Waals surface area (Å²) in [7, 11) is 2.74. The number of hydrogen-bond acceptors (Lipinski definition) is 16. The zero-order chi connectivity index (χ0) is 32.1. The third-order valence-corrected chi connectivity index (χ3v) is 7.22. The van der Waals surface area contributed by atoms with Crippen molar-refractivity contribution in [2.45, 2.75) is 68.0 Å². The van der Waals surface area contributed by atoms with E-state index in [1.165, 1.54) is 32.4 Å². The highest BCUT2D eigenvalue weighted by Gasteiger charge is 2.48. The van der Waals surface area contributed by atoms with Crippen molar-refractivity contribution in [3.05, 3.63) is 47.5 Å². The lowest BCUT2D eigenvalue weighted by molar-refractivity contribution is -0.323. The zero-order valence-corrected chi connectivity index (χ0v) is 23.7. The van der Waals surface area contributed by atoms with E-state index in [0.29, 0.717) is 0 Å². The van der Waals surface area contributed by atoms with Crippen LogP contribution < -0.4 is 14.2 Å². The van der Waals surface area contributed by atoms with Gasteiger partial charge in [-0.15, -0.1) is 0 Å². The minimum Gasteiger partial charge on any atom is -0.508 e. The van der Waals surface area contributed by atoms with Crippen molar-refractivity contribution in [1.82, 2.24) is 0 Å². The number of aromatic hydroxyl groups is 1. The summed E-state index contributed by atoms with van der Waals surface area (Å²) in [6, 6.07) is 8.50. The van der Waals surface area contributed by atoms with Gasteiger partial charge in [0.2, 0.25) is 6.29 Å². The maximum atomic E-state index is 12.9. The molecular weight excluding hydrogens is 592 g/mol. The molecule has 44 heavy (non-hydrogen) atoms. The van der Waals surface area contributed by atoms with Crippen molar-refractivity contribution in [3.63, 3.8) is 0 Å². The number of aliphatic hydroxyl groups excluding tert-OH is 7. The van der Waals surface area contributed by atoms with Crippen molar-refractivity contribution in [2.75, 3.05) is 27.4 Å². The fraction of sp³-hybridized carbons (Fsp3) is 0.536. The normalized spacial score (nSPS) is 32.1. The van der Waals surface area contributed by atoms with Gasteiger partial charge < -0.3 is 74.0 Å². The highest BCUT2D eigenvalue weighted by Crippen LogP contribution is 2.32. The van der Waals surface area contributed by atoms with Crippen LogP contribution in [0.25, 0.3) is 0 Å². The Bertz CT molecular complexity index is 1230. The second-order valence-electron chi connectivity index (χ2n) is 10.1. The summed E-state index contributed by atoms with van der Waals surface area (Å²) in [4.78, 5) is 12.9. The van der Waals surface area contributed by atoms with E-state index < -0.39 is 87.2 Å². The number of carbonyl (C=O) groups is 1. The van der Waals surface area contributed by atoms with Gasteiger partial charge in [-0.1, -0.05) is 6.07 Å². The SMILES string of the molecule is COc1cccc(OC)c1C(=O)OCc1cc(O)ccc1OC1OC(COC2OC(CO)C(O)C(O)C2O)C(O)C(O)C1O. The molecule has 0 aromatic heterocycles. The molecule has 0 amide bonds. The summed E-state index contributed by atoms with van der Waals surface area (Å²) < 4.78 is 38.0. The molecule has 0 aliphatic carbocycles. The maximum absolute atomic E-state index is 12.9. The molecule has 10 atom stereocenters. The smallest absolute Gasteiger partial charge is 0.346 e. The van der Waals surface area contributed by atoms with Crippen molar-refractivity contribution >= 4 is 5.97 Å². The molecule has 0 radical (unpaired) electrons. The highest BCUT2D eigenvalue weighted by molar-refractivity contribution is 5.95. The maximum Gasteiger partial charge on any atom is 0.346 e. The van der Waals surface area contributed by atoms with Crippen LogP contribution in [0.15, 0.2) is 36.4 Å². The van der Waals surface area contributed by atoms with E-state index in [0.717, 1.165) is 0 Å². The minimum atomic E-state index is -1.80. The van der Waals surface area contributed by atoms with Crippen LogP contribution in [0.4, 0.5) is 0 Å². The van der Waals surface area contributed by atoms with Gasteiger partial charge in [0.1, 0.15) is 84.0 Å². The number of hydrogen-bond donors (Lipinski definition) is 8. The number of aliphatic hydroxyl groups is 7. The fourth-order valence-corrected chi connectivity index (χ4v) is 4.73. The lowest BCUT2D eigenvalue weighted by Crippen LogP contribution is -2.62. The van der Waals surface area contributed by atoms with Crippen molar-refractivity contribution in [3.8, 4) is 23.0 Å². The van der Waals surface area contributed by atoms with Gasteiger partial charge in [0.15, 0.2) is 6.29 Å². The molecule has 10 unspecified atom stereocenters. The molecule has 16 nitrogen and oxygen atoms in total. The Hall–Kier alpha value is -3.29. The van der Waals surface area contributed by atoms with E-state index in [-0.39, 0.29) is 34.1 Å². The van der Waals surface area contributed by atoms with Crippen LogP contribution in [-0.2, 0) is 25.6 Å². The lowest BCUT2D eigenvalue weighted by Gasteiger charge is -2.42. The second-order valence-corrected chi connectivity index (χ2v) is 10.1. The monoisotopic (exact) mass is 628 g/mol. The first-order chi connectivity index (χ1) is 21.0. The fourth-order valence-electron chi connectivity index (χ4n) is 4.73. The summed E-state index contributed by atoms with van der Waals surface area (Å²) in [5, 5.41) is 81.1. The average molecular weight is 629 g/mol. The number of phenolic OH excluding ortho intramolecular Hbond substituents is 1. The molecule has 244 valence electrons. The summed E-state index contributed by atoms with van der Waals surface area (Å²) in [6.07, 6.45) is -16.1. The molecule has 0 bridgehead atoms. The van der Waals surface area contributed by atoms with E-state index in [2.05, 4.69) is 0 Å². The molecule has 2 aliphatic heterocycles. The third-order valence-electron chi connectivity index (χ3n) is 7.22. The first-order valence-corrected chi connectivity index (χ1v) is 13.5. The van der Waals surface area contributed by atoms with Gasteiger partial charge in [0.25, 0.3) is 0 Å².